The van der Waals surface area contributed by atoms with Gasteiger partial charge in [0.25, 0.3) is 0 Å². The van der Waals surface area contributed by atoms with Gasteiger partial charge in [-0.15, -0.1) is 0 Å². The monoisotopic (exact) mass is 407 g/mol. The van der Waals surface area contributed by atoms with Gasteiger partial charge in [0.2, 0.25) is 11.8 Å². The number of nitrogens with one attached hydrogen (secondary N) is 2. The zero-order valence-corrected chi connectivity index (χ0v) is 16.1. The van der Waals surface area contributed by atoms with Crippen molar-refractivity contribution in [3.8, 4) is 0 Å². The minimum Gasteiger partial charge on any atom is -0.468 e. The lowest BCUT2D eigenvalue weighted by atomic mass is 10.2. The number of likely N-dealkylation sites (N-methyl/N-ethyl adjacent to an activating group) is 1. The van der Waals surface area contributed by atoms with Gasteiger partial charge in [-0.05, 0) is 49.7 Å². The van der Waals surface area contributed by atoms with Crippen LogP contribution in [-0.2, 0) is 9.59 Å². The number of rotatable bonds is 7. The number of amides is 2. The Balaban J connectivity index is 1.80. The van der Waals surface area contributed by atoms with Gasteiger partial charge in [0, 0.05) is 17.2 Å². The van der Waals surface area contributed by atoms with Gasteiger partial charge in [-0.1, -0.05) is 15.9 Å². The Morgan fingerprint density at radius 1 is 1.32 bits per heavy atom. The van der Waals surface area contributed by atoms with Crippen molar-refractivity contribution in [2.24, 2.45) is 0 Å². The maximum atomic E-state index is 12.2. The Labute approximate surface area is 155 Å². The number of carbonyl (C=O) groups is 2. The first-order chi connectivity index (χ1) is 11.9. The highest BCUT2D eigenvalue weighted by molar-refractivity contribution is 9.10. The second-order valence-corrected chi connectivity index (χ2v) is 6.79. The fourth-order valence-corrected chi connectivity index (χ4v) is 2.75. The summed E-state index contributed by atoms with van der Waals surface area (Å²) < 4.78 is 6.23. The molecule has 0 saturated heterocycles. The molecule has 2 rings (SSSR count). The fraction of sp³-hybridized carbons (Fsp3) is 0.333. The summed E-state index contributed by atoms with van der Waals surface area (Å²) in [5.74, 6) is 0.361. The molecule has 6 nitrogen and oxygen atoms in total. The Hall–Kier alpha value is -2.12. The van der Waals surface area contributed by atoms with E-state index >= 15 is 0 Å². The number of aryl methyl sites for hydroxylation is 1. The van der Waals surface area contributed by atoms with Crippen molar-refractivity contribution in [2.75, 3.05) is 25.5 Å². The lowest BCUT2D eigenvalue weighted by molar-refractivity contribution is -0.132. The summed E-state index contributed by atoms with van der Waals surface area (Å²) in [6.45, 7) is 3.94. The zero-order chi connectivity index (χ0) is 18.4. The van der Waals surface area contributed by atoms with Crippen LogP contribution >= 0.6 is 15.9 Å². The Morgan fingerprint density at radius 2 is 2.08 bits per heavy atom. The van der Waals surface area contributed by atoms with Gasteiger partial charge in [-0.3, -0.25) is 14.9 Å². The molecule has 2 amide bonds. The highest BCUT2D eigenvalue weighted by Crippen LogP contribution is 2.19. The number of nitrogens with zero attached hydrogens (tertiary/aromatic N) is 1. The fourth-order valence-electron chi connectivity index (χ4n) is 2.27. The molecule has 1 heterocycles. The summed E-state index contributed by atoms with van der Waals surface area (Å²) in [6, 6.07) is 9.18. The van der Waals surface area contributed by atoms with Crippen LogP contribution in [0.5, 0.6) is 0 Å². The van der Waals surface area contributed by atoms with E-state index in [0.717, 1.165) is 21.5 Å². The number of hydrogen-bond acceptors (Lipinski definition) is 4. The highest BCUT2D eigenvalue weighted by atomic mass is 79.9. The first-order valence-electron chi connectivity index (χ1n) is 7.93. The van der Waals surface area contributed by atoms with Gasteiger partial charge in [0.05, 0.1) is 25.4 Å². The number of halogens is 1. The molecule has 0 radical (unpaired) electrons. The van der Waals surface area contributed by atoms with Crippen LogP contribution in [0.25, 0.3) is 0 Å². The van der Waals surface area contributed by atoms with Crippen LogP contribution < -0.4 is 10.6 Å². The molecule has 0 aliphatic heterocycles. The van der Waals surface area contributed by atoms with Gasteiger partial charge >= 0.3 is 0 Å². The summed E-state index contributed by atoms with van der Waals surface area (Å²) in [4.78, 5) is 25.7. The number of hydrogen-bond donors (Lipinski definition) is 2. The summed E-state index contributed by atoms with van der Waals surface area (Å²) in [5.41, 5.74) is 1.68. The summed E-state index contributed by atoms with van der Waals surface area (Å²) in [5, 5.41) is 5.90. The third kappa shape index (κ3) is 5.72. The number of anilines is 1. The van der Waals surface area contributed by atoms with Crippen LogP contribution in [-0.4, -0.2) is 36.9 Å². The molecule has 134 valence electrons. The Kier molecular flexibility index (Phi) is 6.78. The lowest BCUT2D eigenvalue weighted by Gasteiger charge is -2.19. The molecule has 1 aromatic carbocycles. The zero-order valence-electron chi connectivity index (χ0n) is 14.5. The van der Waals surface area contributed by atoms with Crippen molar-refractivity contribution in [1.82, 2.24) is 10.2 Å². The second kappa shape index (κ2) is 8.82. The first-order valence-corrected chi connectivity index (χ1v) is 8.73. The second-order valence-electron chi connectivity index (χ2n) is 5.88. The smallest absolute Gasteiger partial charge is 0.243 e. The molecular weight excluding hydrogens is 386 g/mol. The largest absolute Gasteiger partial charge is 0.468 e. The van der Waals surface area contributed by atoms with Crippen molar-refractivity contribution < 1.29 is 14.0 Å². The number of furan rings is 1. The van der Waals surface area contributed by atoms with Gasteiger partial charge in [-0.2, -0.15) is 0 Å². The van der Waals surface area contributed by atoms with Gasteiger partial charge in [0.1, 0.15) is 5.76 Å². The molecule has 2 aromatic rings. The lowest BCUT2D eigenvalue weighted by Crippen LogP contribution is -2.40. The predicted molar refractivity (Wildman–Crippen MR) is 100 cm³/mol. The first kappa shape index (κ1) is 19.2. The number of benzene rings is 1. The molecule has 0 unspecified atom stereocenters. The molecule has 7 heteroatoms. The van der Waals surface area contributed by atoms with Crippen LogP contribution in [0, 0.1) is 6.92 Å². The molecule has 0 aliphatic rings. The highest BCUT2D eigenvalue weighted by Gasteiger charge is 2.15. The molecule has 0 saturated carbocycles. The summed E-state index contributed by atoms with van der Waals surface area (Å²) in [6.07, 6.45) is 1.59. The van der Waals surface area contributed by atoms with E-state index < -0.39 is 0 Å². The summed E-state index contributed by atoms with van der Waals surface area (Å²) >= 11 is 3.39. The van der Waals surface area contributed by atoms with Crippen LogP contribution in [0.15, 0.2) is 45.5 Å². The normalized spacial score (nSPS) is 11.8. The molecule has 0 aliphatic carbocycles. The van der Waals surface area contributed by atoms with Gasteiger partial charge in [-0.25, -0.2) is 0 Å². The van der Waals surface area contributed by atoms with Crippen molar-refractivity contribution in [3.05, 3.63) is 52.4 Å². The minimum absolute atomic E-state index is 0.00878. The average Bonchev–Trinajstić information content (AvgIpc) is 3.09. The van der Waals surface area contributed by atoms with E-state index in [1.165, 1.54) is 4.90 Å². The third-order valence-electron chi connectivity index (χ3n) is 3.80. The third-order valence-corrected chi connectivity index (χ3v) is 4.29. The quantitative estimate of drug-likeness (QED) is 0.739. The molecule has 0 bridgehead atoms. The van der Waals surface area contributed by atoms with E-state index in [9.17, 15) is 9.59 Å². The molecule has 1 atom stereocenters. The Morgan fingerprint density at radius 3 is 2.72 bits per heavy atom. The van der Waals surface area contributed by atoms with E-state index in [2.05, 4.69) is 26.6 Å². The number of carbonyl (C=O) groups excluding carboxylic acids is 2. The standard InChI is InChI=1S/C18H22BrN3O3/c1-12-9-14(19)6-7-15(12)21-17(23)11-22(3)18(24)10-20-13(2)16-5-4-8-25-16/h4-9,13,20H,10-11H2,1-3H3,(H,21,23)/t13-/m1/s1. The van der Waals surface area contributed by atoms with E-state index in [4.69, 9.17) is 4.42 Å². The van der Waals surface area contributed by atoms with Gasteiger partial charge in [0.15, 0.2) is 0 Å². The Bertz CT molecular complexity index is 731. The molecule has 0 spiro atoms. The van der Waals surface area contributed by atoms with Crippen molar-refractivity contribution in [3.63, 3.8) is 0 Å². The topological polar surface area (TPSA) is 74.6 Å². The van der Waals surface area contributed by atoms with Crippen LogP contribution in [0.4, 0.5) is 5.69 Å². The molecule has 1 aromatic heterocycles. The van der Waals surface area contributed by atoms with Crippen molar-refractivity contribution in [1.29, 1.82) is 0 Å². The van der Waals surface area contributed by atoms with E-state index in [0.29, 0.717) is 0 Å². The van der Waals surface area contributed by atoms with Gasteiger partial charge < -0.3 is 14.6 Å². The molecule has 25 heavy (non-hydrogen) atoms. The molecule has 0 fully saturated rings. The van der Waals surface area contributed by atoms with E-state index in [-0.39, 0.29) is 30.9 Å². The maximum absolute atomic E-state index is 12.2. The predicted octanol–water partition coefficient (Wildman–Crippen LogP) is 3.10. The molecular formula is C18H22BrN3O3. The maximum Gasteiger partial charge on any atom is 0.243 e. The van der Waals surface area contributed by atoms with Crippen LogP contribution in [0.3, 0.4) is 0 Å². The molecule has 2 N–H and O–H groups in total. The minimum atomic E-state index is -0.236. The van der Waals surface area contributed by atoms with Crippen LogP contribution in [0.1, 0.15) is 24.3 Å². The van der Waals surface area contributed by atoms with E-state index in [1.807, 2.05) is 38.1 Å². The summed E-state index contributed by atoms with van der Waals surface area (Å²) in [7, 11) is 1.61. The van der Waals surface area contributed by atoms with Crippen molar-refractivity contribution in [2.45, 2.75) is 19.9 Å². The van der Waals surface area contributed by atoms with E-state index in [1.54, 1.807) is 19.4 Å². The SMILES string of the molecule is Cc1cc(Br)ccc1NC(=O)CN(C)C(=O)CN[C@H](C)c1ccco1. The van der Waals surface area contributed by atoms with Crippen molar-refractivity contribution >= 4 is 33.4 Å². The average molecular weight is 408 g/mol. The van der Waals surface area contributed by atoms with Crippen LogP contribution in [0.2, 0.25) is 0 Å².